The zero-order chi connectivity index (χ0) is 10.7. The van der Waals surface area contributed by atoms with Crippen molar-refractivity contribution in [2.24, 2.45) is 0 Å². The van der Waals surface area contributed by atoms with Gasteiger partial charge in [-0.15, -0.1) is 11.3 Å². The molecule has 2 heterocycles. The summed E-state index contributed by atoms with van der Waals surface area (Å²) in [7, 11) is 0. The SMILES string of the molecule is Cc1csc(C(C)N2CCCNCC2)n1. The molecule has 3 nitrogen and oxygen atoms in total. The molecule has 0 aliphatic carbocycles. The summed E-state index contributed by atoms with van der Waals surface area (Å²) in [6.07, 6.45) is 1.24. The number of nitrogens with zero attached hydrogens (tertiary/aromatic N) is 2. The molecule has 1 aliphatic rings. The quantitative estimate of drug-likeness (QED) is 0.832. The summed E-state index contributed by atoms with van der Waals surface area (Å²) in [5.74, 6) is 0. The lowest BCUT2D eigenvalue weighted by atomic mass is 10.2. The van der Waals surface area contributed by atoms with Crippen LogP contribution in [-0.2, 0) is 0 Å². The van der Waals surface area contributed by atoms with Crippen LogP contribution in [0, 0.1) is 6.92 Å². The lowest BCUT2D eigenvalue weighted by Crippen LogP contribution is -2.30. The van der Waals surface area contributed by atoms with Crippen molar-refractivity contribution in [2.45, 2.75) is 26.3 Å². The minimum absolute atomic E-state index is 0.476. The molecule has 15 heavy (non-hydrogen) atoms. The number of nitrogens with one attached hydrogen (secondary N) is 1. The van der Waals surface area contributed by atoms with E-state index < -0.39 is 0 Å². The van der Waals surface area contributed by atoms with Crippen molar-refractivity contribution in [1.29, 1.82) is 0 Å². The van der Waals surface area contributed by atoms with Crippen LogP contribution in [0.5, 0.6) is 0 Å². The first-order valence-corrected chi connectivity index (χ1v) is 6.52. The van der Waals surface area contributed by atoms with Crippen LogP contribution in [0.25, 0.3) is 0 Å². The molecule has 0 bridgehead atoms. The Morgan fingerprint density at radius 2 is 2.33 bits per heavy atom. The number of thiazole rings is 1. The van der Waals surface area contributed by atoms with E-state index in [2.05, 4.69) is 34.4 Å². The van der Waals surface area contributed by atoms with Crippen LogP contribution in [0.3, 0.4) is 0 Å². The summed E-state index contributed by atoms with van der Waals surface area (Å²) >= 11 is 1.78. The lowest BCUT2D eigenvalue weighted by molar-refractivity contribution is 0.225. The first-order valence-electron chi connectivity index (χ1n) is 5.64. The predicted octanol–water partition coefficient (Wildman–Crippen LogP) is 1.81. The van der Waals surface area contributed by atoms with Gasteiger partial charge in [0.05, 0.1) is 6.04 Å². The average Bonchev–Trinajstić information content (AvgIpc) is 2.53. The van der Waals surface area contributed by atoms with Gasteiger partial charge in [-0.05, 0) is 26.8 Å². The Kier molecular flexibility index (Phi) is 3.72. The van der Waals surface area contributed by atoms with E-state index in [1.165, 1.54) is 18.0 Å². The van der Waals surface area contributed by atoms with Crippen LogP contribution >= 0.6 is 11.3 Å². The highest BCUT2D eigenvalue weighted by Gasteiger charge is 2.19. The maximum absolute atomic E-state index is 4.57. The number of rotatable bonds is 2. The fourth-order valence-electron chi connectivity index (χ4n) is 1.97. The number of hydrogen-bond donors (Lipinski definition) is 1. The summed E-state index contributed by atoms with van der Waals surface area (Å²) in [6.45, 7) is 8.92. The summed E-state index contributed by atoms with van der Waals surface area (Å²) in [5.41, 5.74) is 1.15. The van der Waals surface area contributed by atoms with Crippen LogP contribution in [0.1, 0.15) is 30.1 Å². The van der Waals surface area contributed by atoms with E-state index in [4.69, 9.17) is 0 Å². The highest BCUT2D eigenvalue weighted by atomic mass is 32.1. The van der Waals surface area contributed by atoms with Crippen molar-refractivity contribution in [3.05, 3.63) is 16.1 Å². The monoisotopic (exact) mass is 225 g/mol. The Morgan fingerprint density at radius 1 is 1.47 bits per heavy atom. The zero-order valence-corrected chi connectivity index (χ0v) is 10.3. The molecule has 4 heteroatoms. The van der Waals surface area contributed by atoms with Crippen molar-refractivity contribution in [2.75, 3.05) is 26.2 Å². The van der Waals surface area contributed by atoms with Crippen LogP contribution in [0.15, 0.2) is 5.38 Å². The molecule has 1 aromatic rings. The normalized spacial score (nSPS) is 21.2. The molecule has 1 N–H and O–H groups in total. The number of hydrogen-bond acceptors (Lipinski definition) is 4. The van der Waals surface area contributed by atoms with Gasteiger partial charge in [0.1, 0.15) is 5.01 Å². The molecule has 1 aliphatic heterocycles. The van der Waals surface area contributed by atoms with Crippen molar-refractivity contribution in [1.82, 2.24) is 15.2 Å². The molecular weight excluding hydrogens is 206 g/mol. The molecule has 0 aromatic carbocycles. The van der Waals surface area contributed by atoms with Crippen LogP contribution < -0.4 is 5.32 Å². The van der Waals surface area contributed by atoms with E-state index in [-0.39, 0.29) is 0 Å². The van der Waals surface area contributed by atoms with Gasteiger partial charge in [0.25, 0.3) is 0 Å². The molecule has 0 radical (unpaired) electrons. The van der Waals surface area contributed by atoms with E-state index in [1.807, 2.05) is 0 Å². The molecule has 0 amide bonds. The Labute approximate surface area is 95.5 Å². The maximum Gasteiger partial charge on any atom is 0.110 e. The Morgan fingerprint density at radius 3 is 3.07 bits per heavy atom. The minimum atomic E-state index is 0.476. The third kappa shape index (κ3) is 2.77. The topological polar surface area (TPSA) is 28.2 Å². The number of aromatic nitrogens is 1. The van der Waals surface area contributed by atoms with Gasteiger partial charge in [0, 0.05) is 30.7 Å². The largest absolute Gasteiger partial charge is 0.315 e. The Balaban J connectivity index is 2.02. The van der Waals surface area contributed by atoms with Crippen molar-refractivity contribution >= 4 is 11.3 Å². The smallest absolute Gasteiger partial charge is 0.110 e. The molecule has 0 saturated carbocycles. The molecule has 2 rings (SSSR count). The highest BCUT2D eigenvalue weighted by Crippen LogP contribution is 2.23. The Hall–Kier alpha value is -0.450. The second kappa shape index (κ2) is 5.05. The van der Waals surface area contributed by atoms with Gasteiger partial charge in [-0.1, -0.05) is 0 Å². The first kappa shape index (κ1) is 11.0. The van der Waals surface area contributed by atoms with Gasteiger partial charge in [-0.2, -0.15) is 0 Å². The van der Waals surface area contributed by atoms with Gasteiger partial charge in [0.15, 0.2) is 0 Å². The molecule has 84 valence electrons. The lowest BCUT2D eigenvalue weighted by Gasteiger charge is -2.25. The summed E-state index contributed by atoms with van der Waals surface area (Å²) < 4.78 is 0. The standard InChI is InChI=1S/C11H19N3S/c1-9-8-15-11(13-9)10(2)14-6-3-4-12-5-7-14/h8,10,12H,3-7H2,1-2H3. The van der Waals surface area contributed by atoms with E-state index in [1.54, 1.807) is 11.3 Å². The van der Waals surface area contributed by atoms with Crippen molar-refractivity contribution in [3.8, 4) is 0 Å². The van der Waals surface area contributed by atoms with Gasteiger partial charge in [0.2, 0.25) is 0 Å². The molecule has 1 atom stereocenters. The van der Waals surface area contributed by atoms with Gasteiger partial charge >= 0.3 is 0 Å². The fourth-order valence-corrected chi connectivity index (χ4v) is 2.86. The van der Waals surface area contributed by atoms with E-state index >= 15 is 0 Å². The average molecular weight is 225 g/mol. The van der Waals surface area contributed by atoms with Gasteiger partial charge in [-0.25, -0.2) is 4.98 Å². The first-order chi connectivity index (χ1) is 7.27. The molecular formula is C11H19N3S. The van der Waals surface area contributed by atoms with E-state index in [9.17, 15) is 0 Å². The Bertz CT molecular complexity index is 303. The fraction of sp³-hybridized carbons (Fsp3) is 0.727. The van der Waals surface area contributed by atoms with Crippen LogP contribution in [0.4, 0.5) is 0 Å². The predicted molar refractivity (Wildman–Crippen MR) is 64.3 cm³/mol. The second-order valence-electron chi connectivity index (χ2n) is 4.14. The minimum Gasteiger partial charge on any atom is -0.315 e. The van der Waals surface area contributed by atoms with E-state index in [0.29, 0.717) is 6.04 Å². The molecule has 1 fully saturated rings. The maximum atomic E-state index is 4.57. The van der Waals surface area contributed by atoms with Crippen molar-refractivity contribution in [3.63, 3.8) is 0 Å². The van der Waals surface area contributed by atoms with Gasteiger partial charge < -0.3 is 5.32 Å². The van der Waals surface area contributed by atoms with Crippen LogP contribution in [-0.4, -0.2) is 36.1 Å². The summed E-state index contributed by atoms with van der Waals surface area (Å²) in [4.78, 5) is 7.10. The summed E-state index contributed by atoms with van der Waals surface area (Å²) in [6, 6.07) is 0.476. The van der Waals surface area contributed by atoms with E-state index in [0.717, 1.165) is 25.3 Å². The molecule has 0 spiro atoms. The third-order valence-electron chi connectivity index (χ3n) is 2.92. The third-order valence-corrected chi connectivity index (χ3v) is 4.05. The molecule has 1 aromatic heterocycles. The highest BCUT2D eigenvalue weighted by molar-refractivity contribution is 7.09. The molecule has 1 unspecified atom stereocenters. The molecule has 1 saturated heterocycles. The number of aryl methyl sites for hydroxylation is 1. The second-order valence-corrected chi connectivity index (χ2v) is 5.03. The zero-order valence-electron chi connectivity index (χ0n) is 9.49. The van der Waals surface area contributed by atoms with Crippen LogP contribution in [0.2, 0.25) is 0 Å². The van der Waals surface area contributed by atoms with Crippen molar-refractivity contribution < 1.29 is 0 Å². The van der Waals surface area contributed by atoms with Gasteiger partial charge in [-0.3, -0.25) is 4.90 Å². The summed E-state index contributed by atoms with van der Waals surface area (Å²) in [5, 5.41) is 6.83.